The zero-order valence-electron chi connectivity index (χ0n) is 8.95. The summed E-state index contributed by atoms with van der Waals surface area (Å²) in [6, 6.07) is 2.29. The van der Waals surface area contributed by atoms with Gasteiger partial charge >= 0.3 is 0 Å². The molecule has 0 unspecified atom stereocenters. The summed E-state index contributed by atoms with van der Waals surface area (Å²) >= 11 is 0. The highest BCUT2D eigenvalue weighted by Gasteiger charge is 1.99. The number of rotatable bonds is 5. The van der Waals surface area contributed by atoms with Crippen molar-refractivity contribution in [2.75, 3.05) is 11.9 Å². The lowest BCUT2D eigenvalue weighted by Gasteiger charge is -2.09. The summed E-state index contributed by atoms with van der Waals surface area (Å²) < 4.78 is 5.26. The summed E-state index contributed by atoms with van der Waals surface area (Å²) in [5.74, 6) is 0.852. The largest absolute Gasteiger partial charge is 0.375 e. The second-order valence-electron chi connectivity index (χ2n) is 3.33. The molecule has 78 valence electrons. The van der Waals surface area contributed by atoms with Gasteiger partial charge in [0.15, 0.2) is 0 Å². The maximum Gasteiger partial charge on any atom is 0.129 e. The average molecular weight is 195 g/mol. The van der Waals surface area contributed by atoms with Crippen molar-refractivity contribution >= 4 is 5.82 Å². The first-order valence-corrected chi connectivity index (χ1v) is 4.87. The van der Waals surface area contributed by atoms with E-state index in [0.29, 0.717) is 19.3 Å². The molecule has 0 aromatic carbocycles. The first-order valence-electron chi connectivity index (χ1n) is 4.87. The van der Waals surface area contributed by atoms with E-state index in [-0.39, 0.29) is 0 Å². The molecule has 4 heteroatoms. The van der Waals surface area contributed by atoms with Gasteiger partial charge in [-0.1, -0.05) is 0 Å². The Hall–Kier alpha value is -1.16. The zero-order valence-corrected chi connectivity index (χ0v) is 8.95. The Kier molecular flexibility index (Phi) is 4.32. The molecule has 0 amide bonds. The van der Waals surface area contributed by atoms with Gasteiger partial charge in [0, 0.05) is 18.7 Å². The van der Waals surface area contributed by atoms with Crippen LogP contribution in [-0.4, -0.2) is 22.6 Å². The van der Waals surface area contributed by atoms with Crippen LogP contribution in [0.1, 0.15) is 26.5 Å². The van der Waals surface area contributed by atoms with E-state index in [1.807, 2.05) is 13.0 Å². The molecule has 0 spiro atoms. The van der Waals surface area contributed by atoms with Gasteiger partial charge in [0.2, 0.25) is 0 Å². The maximum atomic E-state index is 5.26. The molecular weight excluding hydrogens is 178 g/mol. The summed E-state index contributed by atoms with van der Waals surface area (Å²) in [4.78, 5) is 8.22. The van der Waals surface area contributed by atoms with Crippen molar-refractivity contribution in [3.8, 4) is 0 Å². The molecule has 0 fully saturated rings. The Morgan fingerprint density at radius 1 is 1.43 bits per heavy atom. The standard InChI is InChI=1S/C10H17N3O/c1-4-14-6-9-5-10(12-7-11-9)13-8(2)3/h5,7-8H,4,6H2,1-3H3,(H,11,12,13). The van der Waals surface area contributed by atoms with Crippen LogP contribution in [0.3, 0.4) is 0 Å². The van der Waals surface area contributed by atoms with E-state index in [1.54, 1.807) is 6.33 Å². The first kappa shape index (κ1) is 10.9. The maximum absolute atomic E-state index is 5.26. The van der Waals surface area contributed by atoms with Gasteiger partial charge in [-0.2, -0.15) is 0 Å². The highest BCUT2D eigenvalue weighted by Crippen LogP contribution is 2.06. The van der Waals surface area contributed by atoms with Gasteiger partial charge in [-0.15, -0.1) is 0 Å². The number of ether oxygens (including phenoxy) is 1. The van der Waals surface area contributed by atoms with Crippen molar-refractivity contribution in [2.24, 2.45) is 0 Å². The van der Waals surface area contributed by atoms with Crippen molar-refractivity contribution < 1.29 is 4.74 Å². The van der Waals surface area contributed by atoms with E-state index >= 15 is 0 Å². The molecule has 0 aliphatic heterocycles. The van der Waals surface area contributed by atoms with E-state index < -0.39 is 0 Å². The van der Waals surface area contributed by atoms with Crippen LogP contribution >= 0.6 is 0 Å². The summed E-state index contributed by atoms with van der Waals surface area (Å²) in [7, 11) is 0. The van der Waals surface area contributed by atoms with E-state index in [9.17, 15) is 0 Å². The van der Waals surface area contributed by atoms with Gasteiger partial charge in [-0.05, 0) is 20.8 Å². The topological polar surface area (TPSA) is 47.0 Å². The van der Waals surface area contributed by atoms with Crippen LogP contribution in [-0.2, 0) is 11.3 Å². The molecule has 0 aliphatic rings. The lowest BCUT2D eigenvalue weighted by atomic mass is 10.3. The first-order chi connectivity index (χ1) is 6.72. The minimum atomic E-state index is 0.379. The van der Waals surface area contributed by atoms with Crippen molar-refractivity contribution in [1.29, 1.82) is 0 Å². The van der Waals surface area contributed by atoms with Crippen LogP contribution in [0.2, 0.25) is 0 Å². The van der Waals surface area contributed by atoms with E-state index in [0.717, 1.165) is 11.5 Å². The van der Waals surface area contributed by atoms with Gasteiger partial charge < -0.3 is 10.1 Å². The fourth-order valence-electron chi connectivity index (χ4n) is 1.06. The molecule has 1 N–H and O–H groups in total. The number of hydrogen-bond donors (Lipinski definition) is 1. The fourth-order valence-corrected chi connectivity index (χ4v) is 1.06. The summed E-state index contributed by atoms with van der Waals surface area (Å²) in [5, 5.41) is 3.21. The Labute approximate surface area is 84.7 Å². The highest BCUT2D eigenvalue weighted by atomic mass is 16.5. The number of aromatic nitrogens is 2. The van der Waals surface area contributed by atoms with Gasteiger partial charge in [0.25, 0.3) is 0 Å². The number of nitrogens with one attached hydrogen (secondary N) is 1. The molecule has 0 saturated heterocycles. The molecule has 1 rings (SSSR count). The Morgan fingerprint density at radius 3 is 2.86 bits per heavy atom. The van der Waals surface area contributed by atoms with Crippen LogP contribution < -0.4 is 5.32 Å². The average Bonchev–Trinajstić information content (AvgIpc) is 2.14. The lowest BCUT2D eigenvalue weighted by Crippen LogP contribution is -2.11. The molecule has 1 aromatic heterocycles. The van der Waals surface area contributed by atoms with Crippen LogP contribution in [0.25, 0.3) is 0 Å². The van der Waals surface area contributed by atoms with Crippen molar-refractivity contribution in [3.05, 3.63) is 18.1 Å². The molecule has 14 heavy (non-hydrogen) atoms. The quantitative estimate of drug-likeness (QED) is 0.778. The second kappa shape index (κ2) is 5.54. The molecule has 1 aromatic rings. The molecule has 0 aliphatic carbocycles. The Bertz CT molecular complexity index is 276. The zero-order chi connectivity index (χ0) is 10.4. The summed E-state index contributed by atoms with van der Waals surface area (Å²) in [6.45, 7) is 7.37. The second-order valence-corrected chi connectivity index (χ2v) is 3.33. The van der Waals surface area contributed by atoms with Crippen LogP contribution in [0, 0.1) is 0 Å². The van der Waals surface area contributed by atoms with E-state index in [4.69, 9.17) is 4.74 Å². The van der Waals surface area contributed by atoms with Gasteiger partial charge in [0.05, 0.1) is 12.3 Å². The molecule has 0 atom stereocenters. The van der Waals surface area contributed by atoms with Crippen molar-refractivity contribution in [1.82, 2.24) is 9.97 Å². The minimum absolute atomic E-state index is 0.379. The third-order valence-corrected chi connectivity index (χ3v) is 1.61. The van der Waals surface area contributed by atoms with Crippen LogP contribution in [0.15, 0.2) is 12.4 Å². The van der Waals surface area contributed by atoms with Crippen molar-refractivity contribution in [2.45, 2.75) is 33.4 Å². The number of hydrogen-bond acceptors (Lipinski definition) is 4. The van der Waals surface area contributed by atoms with Gasteiger partial charge in [0.1, 0.15) is 12.1 Å². The summed E-state index contributed by atoms with van der Waals surface area (Å²) in [5.41, 5.74) is 0.907. The van der Waals surface area contributed by atoms with E-state index in [2.05, 4.69) is 29.1 Å². The van der Waals surface area contributed by atoms with Crippen LogP contribution in [0.5, 0.6) is 0 Å². The van der Waals surface area contributed by atoms with Crippen LogP contribution in [0.4, 0.5) is 5.82 Å². The smallest absolute Gasteiger partial charge is 0.129 e. The number of nitrogens with zero attached hydrogens (tertiary/aromatic N) is 2. The molecular formula is C10H17N3O. The third-order valence-electron chi connectivity index (χ3n) is 1.61. The van der Waals surface area contributed by atoms with Gasteiger partial charge in [-0.25, -0.2) is 9.97 Å². The Morgan fingerprint density at radius 2 is 2.21 bits per heavy atom. The highest BCUT2D eigenvalue weighted by molar-refractivity contribution is 5.35. The van der Waals surface area contributed by atoms with Gasteiger partial charge in [-0.3, -0.25) is 0 Å². The predicted molar refractivity (Wildman–Crippen MR) is 56.1 cm³/mol. The minimum Gasteiger partial charge on any atom is -0.375 e. The van der Waals surface area contributed by atoms with E-state index in [1.165, 1.54) is 0 Å². The summed E-state index contributed by atoms with van der Waals surface area (Å²) in [6.07, 6.45) is 1.55. The third kappa shape index (κ3) is 3.70. The molecule has 0 radical (unpaired) electrons. The fraction of sp³-hybridized carbons (Fsp3) is 0.600. The molecule has 1 heterocycles. The molecule has 0 saturated carbocycles. The molecule has 0 bridgehead atoms. The predicted octanol–water partition coefficient (Wildman–Crippen LogP) is 1.83. The van der Waals surface area contributed by atoms with Crippen molar-refractivity contribution in [3.63, 3.8) is 0 Å². The monoisotopic (exact) mass is 195 g/mol. The Balaban J connectivity index is 2.59. The number of anilines is 1. The molecule has 4 nitrogen and oxygen atoms in total. The SMILES string of the molecule is CCOCc1cc(NC(C)C)ncn1. The lowest BCUT2D eigenvalue weighted by molar-refractivity contribution is 0.131. The normalized spacial score (nSPS) is 10.6.